The zero-order valence-corrected chi connectivity index (χ0v) is 14.6. The van der Waals surface area contributed by atoms with Crippen LogP contribution in [0.3, 0.4) is 0 Å². The van der Waals surface area contributed by atoms with Gasteiger partial charge in [0, 0.05) is 24.0 Å². The molecule has 25 heavy (non-hydrogen) atoms. The molecule has 126 valence electrons. The van der Waals surface area contributed by atoms with Crippen LogP contribution in [0.1, 0.15) is 5.56 Å². The maximum atomic E-state index is 11.7. The molecule has 0 unspecified atom stereocenters. The van der Waals surface area contributed by atoms with Crippen molar-refractivity contribution in [1.82, 2.24) is 9.97 Å². The summed E-state index contributed by atoms with van der Waals surface area (Å²) in [5.74, 6) is 0.497. The molecule has 2 heterocycles. The highest BCUT2D eigenvalue weighted by molar-refractivity contribution is 6.31. The number of nitrogens with zero attached hydrogens (tertiary/aromatic N) is 3. The van der Waals surface area contributed by atoms with Gasteiger partial charge in [-0.2, -0.15) is 0 Å². The summed E-state index contributed by atoms with van der Waals surface area (Å²) in [5, 5.41) is 4.08. The van der Waals surface area contributed by atoms with Crippen LogP contribution in [0, 0.1) is 0 Å². The Morgan fingerprint density at radius 1 is 1.08 bits per heavy atom. The number of carbonyl (C=O) groups excluding carboxylic acids is 1. The van der Waals surface area contributed by atoms with Crippen molar-refractivity contribution in [2.45, 2.75) is 6.54 Å². The highest BCUT2D eigenvalue weighted by Crippen LogP contribution is 2.32. The van der Waals surface area contributed by atoms with Crippen molar-refractivity contribution in [2.75, 3.05) is 10.2 Å². The summed E-state index contributed by atoms with van der Waals surface area (Å²) < 4.78 is 0. The van der Waals surface area contributed by atoms with Crippen LogP contribution < -0.4 is 10.2 Å². The molecule has 0 atom stereocenters. The minimum Gasteiger partial charge on any atom is -0.364 e. The van der Waals surface area contributed by atoms with Gasteiger partial charge < -0.3 is 5.32 Å². The van der Waals surface area contributed by atoms with E-state index < -0.39 is 0 Å². The summed E-state index contributed by atoms with van der Waals surface area (Å²) >= 11 is 12.1. The number of aromatic nitrogens is 2. The highest BCUT2D eigenvalue weighted by Gasteiger charge is 2.15. The maximum Gasteiger partial charge on any atom is 0.218 e. The molecule has 7 heteroatoms. The first-order valence-corrected chi connectivity index (χ1v) is 8.22. The van der Waals surface area contributed by atoms with Gasteiger partial charge in [-0.1, -0.05) is 29.3 Å². The van der Waals surface area contributed by atoms with Gasteiger partial charge in [-0.05, 0) is 48.0 Å². The zero-order valence-electron chi connectivity index (χ0n) is 13.1. The van der Waals surface area contributed by atoms with Crippen molar-refractivity contribution >= 4 is 46.8 Å². The average molecular weight is 373 g/mol. The number of amides is 1. The van der Waals surface area contributed by atoms with E-state index >= 15 is 0 Å². The van der Waals surface area contributed by atoms with Crippen molar-refractivity contribution in [1.29, 1.82) is 0 Å². The lowest BCUT2D eigenvalue weighted by molar-refractivity contribution is -0.106. The van der Waals surface area contributed by atoms with Crippen molar-refractivity contribution in [3.63, 3.8) is 0 Å². The van der Waals surface area contributed by atoms with Crippen molar-refractivity contribution in [2.24, 2.45) is 0 Å². The monoisotopic (exact) mass is 372 g/mol. The predicted octanol–water partition coefficient (Wildman–Crippen LogP) is 4.69. The molecule has 3 rings (SSSR count). The number of hydrogen-bond acceptors (Lipinski definition) is 4. The Labute approximate surface area is 155 Å². The van der Waals surface area contributed by atoms with Crippen LogP contribution in [0.15, 0.2) is 60.9 Å². The van der Waals surface area contributed by atoms with E-state index in [0.29, 0.717) is 40.3 Å². The van der Waals surface area contributed by atoms with Gasteiger partial charge >= 0.3 is 0 Å². The van der Waals surface area contributed by atoms with E-state index in [9.17, 15) is 4.79 Å². The van der Waals surface area contributed by atoms with E-state index in [1.165, 1.54) is 4.90 Å². The molecule has 1 amide bonds. The third-order valence-corrected chi connectivity index (χ3v) is 3.95. The van der Waals surface area contributed by atoms with Gasteiger partial charge in [-0.15, -0.1) is 0 Å². The van der Waals surface area contributed by atoms with Gasteiger partial charge in [0.1, 0.15) is 5.15 Å². The van der Waals surface area contributed by atoms with Crippen LogP contribution in [0.4, 0.5) is 17.2 Å². The third-order valence-electron chi connectivity index (χ3n) is 3.50. The molecule has 0 aliphatic rings. The van der Waals surface area contributed by atoms with Gasteiger partial charge in [0.05, 0.1) is 11.4 Å². The van der Waals surface area contributed by atoms with Crippen LogP contribution in [-0.4, -0.2) is 16.4 Å². The van der Waals surface area contributed by atoms with Crippen LogP contribution in [-0.2, 0) is 11.3 Å². The van der Waals surface area contributed by atoms with E-state index in [1.807, 2.05) is 12.1 Å². The number of nitrogens with one attached hydrogen (secondary N) is 1. The number of benzene rings is 1. The van der Waals surface area contributed by atoms with Gasteiger partial charge in [-0.25, -0.2) is 4.98 Å². The molecular weight excluding hydrogens is 359 g/mol. The molecule has 2 aromatic heterocycles. The second-order valence-corrected chi connectivity index (χ2v) is 5.99. The lowest BCUT2D eigenvalue weighted by Crippen LogP contribution is -2.17. The minimum absolute atomic E-state index is 0.331. The highest BCUT2D eigenvalue weighted by atomic mass is 35.5. The molecule has 0 aliphatic heterocycles. The Bertz CT molecular complexity index is 874. The number of rotatable bonds is 6. The number of halogens is 2. The maximum absolute atomic E-state index is 11.7. The van der Waals surface area contributed by atoms with Gasteiger partial charge in [0.15, 0.2) is 5.82 Å². The Hall–Kier alpha value is -2.63. The second-order valence-electron chi connectivity index (χ2n) is 5.17. The zero-order chi connectivity index (χ0) is 17.6. The Morgan fingerprint density at radius 2 is 1.88 bits per heavy atom. The van der Waals surface area contributed by atoms with Crippen molar-refractivity contribution in [3.05, 3.63) is 76.7 Å². The number of anilines is 3. The van der Waals surface area contributed by atoms with Crippen molar-refractivity contribution < 1.29 is 4.79 Å². The summed E-state index contributed by atoms with van der Waals surface area (Å²) in [6.45, 7) is 0.519. The van der Waals surface area contributed by atoms with Crippen LogP contribution in [0.2, 0.25) is 10.2 Å². The number of carbonyl (C=O) groups is 1. The van der Waals surface area contributed by atoms with Crippen LogP contribution >= 0.6 is 23.2 Å². The van der Waals surface area contributed by atoms with E-state index in [2.05, 4.69) is 15.3 Å². The summed E-state index contributed by atoms with van der Waals surface area (Å²) in [4.78, 5) is 21.5. The average Bonchev–Trinajstić information content (AvgIpc) is 2.63. The summed E-state index contributed by atoms with van der Waals surface area (Å²) in [6, 6.07) is 14.2. The van der Waals surface area contributed by atoms with E-state index in [0.717, 1.165) is 5.56 Å². The first-order valence-electron chi connectivity index (χ1n) is 7.47. The van der Waals surface area contributed by atoms with Gasteiger partial charge in [0.25, 0.3) is 0 Å². The molecule has 1 N–H and O–H groups in total. The molecule has 0 saturated carbocycles. The Balaban J connectivity index is 1.93. The lowest BCUT2D eigenvalue weighted by Gasteiger charge is -2.21. The second kappa shape index (κ2) is 7.96. The molecule has 0 fully saturated rings. The summed E-state index contributed by atoms with van der Waals surface area (Å²) in [6.07, 6.45) is 4.15. The Morgan fingerprint density at radius 3 is 2.60 bits per heavy atom. The molecule has 0 radical (unpaired) electrons. The molecule has 3 aromatic rings. The molecule has 0 bridgehead atoms. The van der Waals surface area contributed by atoms with E-state index in [1.54, 1.807) is 48.8 Å². The standard InChI is InChI=1S/C18H14Cl2N4O/c19-14-2-1-3-15(10-14)24(12-25)16-4-5-17(20)23-18(16)22-11-13-6-8-21-9-7-13/h1-10,12H,11H2,(H,22,23). The van der Waals surface area contributed by atoms with Crippen LogP contribution in [0.25, 0.3) is 0 Å². The van der Waals surface area contributed by atoms with Gasteiger partial charge in [0.2, 0.25) is 6.41 Å². The van der Waals surface area contributed by atoms with E-state index in [4.69, 9.17) is 23.2 Å². The Kier molecular flexibility index (Phi) is 5.48. The van der Waals surface area contributed by atoms with Gasteiger partial charge in [-0.3, -0.25) is 14.7 Å². The topological polar surface area (TPSA) is 58.1 Å². The number of hydrogen-bond donors (Lipinski definition) is 1. The molecule has 0 spiro atoms. The summed E-state index contributed by atoms with van der Waals surface area (Å²) in [7, 11) is 0. The third kappa shape index (κ3) is 4.26. The SMILES string of the molecule is O=CN(c1cccc(Cl)c1)c1ccc(Cl)nc1NCc1ccncc1. The lowest BCUT2D eigenvalue weighted by atomic mass is 10.2. The van der Waals surface area contributed by atoms with Crippen molar-refractivity contribution in [3.8, 4) is 0 Å². The first kappa shape index (κ1) is 17.2. The fourth-order valence-electron chi connectivity index (χ4n) is 2.32. The quantitative estimate of drug-likeness (QED) is 0.503. The fraction of sp³-hybridized carbons (Fsp3) is 0.0556. The number of pyridine rings is 2. The predicted molar refractivity (Wildman–Crippen MR) is 100 cm³/mol. The molecule has 1 aromatic carbocycles. The van der Waals surface area contributed by atoms with E-state index in [-0.39, 0.29) is 0 Å². The smallest absolute Gasteiger partial charge is 0.218 e. The molecular formula is C18H14Cl2N4O. The normalized spacial score (nSPS) is 10.3. The molecule has 0 saturated heterocycles. The first-order chi connectivity index (χ1) is 12.2. The summed E-state index contributed by atoms with van der Waals surface area (Å²) in [5.41, 5.74) is 2.25. The largest absolute Gasteiger partial charge is 0.364 e. The fourth-order valence-corrected chi connectivity index (χ4v) is 2.65. The minimum atomic E-state index is 0.331. The molecule has 5 nitrogen and oxygen atoms in total. The molecule has 0 aliphatic carbocycles. The van der Waals surface area contributed by atoms with Crippen LogP contribution in [0.5, 0.6) is 0 Å².